The smallest absolute Gasteiger partial charge is 0.253 e. The van der Waals surface area contributed by atoms with Gasteiger partial charge < -0.3 is 4.90 Å². The Labute approximate surface area is 191 Å². The van der Waals surface area contributed by atoms with Crippen molar-refractivity contribution in [2.24, 2.45) is 0 Å². The minimum absolute atomic E-state index is 0.116. The maximum Gasteiger partial charge on any atom is 0.253 e. The molecule has 3 aromatic rings. The first-order valence-corrected chi connectivity index (χ1v) is 13.7. The molecule has 0 bridgehead atoms. The fourth-order valence-corrected chi connectivity index (χ4v) is 6.74. The quantitative estimate of drug-likeness (QED) is 0.532. The van der Waals surface area contributed by atoms with E-state index in [0.29, 0.717) is 16.6 Å². The summed E-state index contributed by atoms with van der Waals surface area (Å²) in [5.41, 5.74) is 1.25. The molecule has 2 heterocycles. The minimum atomic E-state index is -3.77. The molecule has 1 aromatic heterocycles. The molecule has 0 atom stereocenters. The van der Waals surface area contributed by atoms with E-state index < -0.39 is 25.1 Å². The van der Waals surface area contributed by atoms with Crippen LogP contribution in [0.1, 0.15) is 24.2 Å². The van der Waals surface area contributed by atoms with E-state index in [-0.39, 0.29) is 41.9 Å². The number of hydrogen-bond acceptors (Lipinski definition) is 8. The molecule has 2 aromatic carbocycles. The molecular formula is C20H22N4O5S3. The number of sulfonamides is 1. The summed E-state index contributed by atoms with van der Waals surface area (Å²) in [7, 11) is -7.18. The van der Waals surface area contributed by atoms with Gasteiger partial charge in [-0.3, -0.25) is 4.79 Å². The summed E-state index contributed by atoms with van der Waals surface area (Å²) < 4.78 is 60.4. The van der Waals surface area contributed by atoms with E-state index in [4.69, 9.17) is 0 Å². The van der Waals surface area contributed by atoms with E-state index in [0.717, 1.165) is 11.7 Å². The molecule has 12 heteroatoms. The van der Waals surface area contributed by atoms with Gasteiger partial charge in [0.2, 0.25) is 10.0 Å². The van der Waals surface area contributed by atoms with E-state index in [2.05, 4.69) is 8.75 Å². The molecule has 1 fully saturated rings. The van der Waals surface area contributed by atoms with Crippen LogP contribution in [0.15, 0.2) is 52.3 Å². The van der Waals surface area contributed by atoms with Crippen molar-refractivity contribution < 1.29 is 21.6 Å². The van der Waals surface area contributed by atoms with Crippen LogP contribution in [-0.2, 0) is 19.9 Å². The highest BCUT2D eigenvalue weighted by molar-refractivity contribution is 7.92. The van der Waals surface area contributed by atoms with Gasteiger partial charge in [0.15, 0.2) is 9.84 Å². The molecule has 1 amide bonds. The first-order valence-electron chi connectivity index (χ1n) is 9.97. The van der Waals surface area contributed by atoms with Crippen LogP contribution in [0, 0.1) is 0 Å². The standard InChI is InChI=1S/C20H22N4O5S3/c1-14(2)31(26,27)16-8-6-15(7-9-16)20(25)23-10-12-24(13-11-23)32(28,29)18-5-3-4-17-19(18)22-30-21-17/h3-9,14H,10-13H2,1-2H3. The molecule has 1 aliphatic heterocycles. The second-order valence-electron chi connectivity index (χ2n) is 7.70. The number of hydrogen-bond donors (Lipinski definition) is 0. The van der Waals surface area contributed by atoms with E-state index in [1.807, 2.05) is 0 Å². The average molecular weight is 495 g/mol. The maximum absolute atomic E-state index is 13.1. The van der Waals surface area contributed by atoms with Crippen LogP contribution in [0.2, 0.25) is 0 Å². The van der Waals surface area contributed by atoms with Crippen LogP contribution in [0.3, 0.4) is 0 Å². The number of fused-ring (bicyclic) bond motifs is 1. The molecule has 0 saturated carbocycles. The fraction of sp³-hybridized carbons (Fsp3) is 0.350. The summed E-state index contributed by atoms with van der Waals surface area (Å²) in [5.74, 6) is -0.263. The van der Waals surface area contributed by atoms with Gasteiger partial charge in [0, 0.05) is 31.7 Å². The summed E-state index contributed by atoms with van der Waals surface area (Å²) in [5, 5.41) is -0.551. The number of aromatic nitrogens is 2. The van der Waals surface area contributed by atoms with Gasteiger partial charge in [-0.05, 0) is 50.2 Å². The predicted octanol–water partition coefficient (Wildman–Crippen LogP) is 2.02. The number of nitrogens with zero attached hydrogens (tertiary/aromatic N) is 4. The molecule has 32 heavy (non-hydrogen) atoms. The molecule has 9 nitrogen and oxygen atoms in total. The highest BCUT2D eigenvalue weighted by Gasteiger charge is 2.32. The number of carbonyl (C=O) groups is 1. The fourth-order valence-electron chi connectivity index (χ4n) is 3.50. The molecule has 0 spiro atoms. The summed E-state index contributed by atoms with van der Waals surface area (Å²) >= 11 is 0.962. The SMILES string of the molecule is CC(C)S(=O)(=O)c1ccc(C(=O)N2CCN(S(=O)(=O)c3cccc4nsnc34)CC2)cc1. The second kappa shape index (κ2) is 8.50. The van der Waals surface area contributed by atoms with Gasteiger partial charge in [0.05, 0.1) is 21.9 Å². The Morgan fingerprint density at radius 3 is 2.22 bits per heavy atom. The molecule has 1 aliphatic rings. The minimum Gasteiger partial charge on any atom is -0.336 e. The van der Waals surface area contributed by atoms with Crippen molar-refractivity contribution in [1.82, 2.24) is 18.0 Å². The number of rotatable bonds is 5. The Bertz CT molecular complexity index is 1360. The number of amides is 1. The normalized spacial score (nSPS) is 16.0. The maximum atomic E-state index is 13.1. The molecule has 0 N–H and O–H groups in total. The van der Waals surface area contributed by atoms with Crippen LogP contribution < -0.4 is 0 Å². The lowest BCUT2D eigenvalue weighted by atomic mass is 10.2. The molecular weight excluding hydrogens is 472 g/mol. The topological polar surface area (TPSA) is 118 Å². The molecule has 1 saturated heterocycles. The van der Waals surface area contributed by atoms with Gasteiger partial charge in [-0.1, -0.05) is 6.07 Å². The highest BCUT2D eigenvalue weighted by Crippen LogP contribution is 2.25. The number of benzene rings is 2. The van der Waals surface area contributed by atoms with E-state index in [1.165, 1.54) is 34.6 Å². The van der Waals surface area contributed by atoms with E-state index >= 15 is 0 Å². The number of piperazine rings is 1. The third-order valence-electron chi connectivity index (χ3n) is 5.44. The van der Waals surface area contributed by atoms with E-state index in [1.54, 1.807) is 30.9 Å². The van der Waals surface area contributed by atoms with Crippen LogP contribution in [0.4, 0.5) is 0 Å². The van der Waals surface area contributed by atoms with Gasteiger partial charge in [-0.2, -0.15) is 13.1 Å². The van der Waals surface area contributed by atoms with Crippen LogP contribution >= 0.6 is 11.7 Å². The molecule has 0 aliphatic carbocycles. The summed E-state index contributed by atoms with van der Waals surface area (Å²) in [6.07, 6.45) is 0. The number of carbonyl (C=O) groups excluding carboxylic acids is 1. The van der Waals surface area contributed by atoms with Crippen molar-refractivity contribution in [3.63, 3.8) is 0 Å². The summed E-state index contributed by atoms with van der Waals surface area (Å²) in [4.78, 5) is 14.7. The first kappa shape index (κ1) is 22.8. The Morgan fingerprint density at radius 2 is 1.59 bits per heavy atom. The zero-order valence-electron chi connectivity index (χ0n) is 17.5. The van der Waals surface area contributed by atoms with E-state index in [9.17, 15) is 21.6 Å². The highest BCUT2D eigenvalue weighted by atomic mass is 32.2. The van der Waals surface area contributed by atoms with Crippen LogP contribution in [0.5, 0.6) is 0 Å². The molecule has 0 unspecified atom stereocenters. The summed E-state index contributed by atoms with van der Waals surface area (Å²) in [6, 6.07) is 10.7. The lowest BCUT2D eigenvalue weighted by Crippen LogP contribution is -2.50. The van der Waals surface area contributed by atoms with Crippen molar-refractivity contribution in [3.05, 3.63) is 48.0 Å². The van der Waals surface area contributed by atoms with Crippen molar-refractivity contribution in [2.45, 2.75) is 28.9 Å². The second-order valence-corrected chi connectivity index (χ2v) is 12.6. The molecule has 4 rings (SSSR count). The largest absolute Gasteiger partial charge is 0.336 e. The van der Waals surface area contributed by atoms with Gasteiger partial charge in [0.1, 0.15) is 15.9 Å². The van der Waals surface area contributed by atoms with Gasteiger partial charge in [-0.25, -0.2) is 16.8 Å². The predicted molar refractivity (Wildman–Crippen MR) is 121 cm³/mol. The Balaban J connectivity index is 1.47. The first-order chi connectivity index (χ1) is 15.1. The van der Waals surface area contributed by atoms with Crippen LogP contribution in [0.25, 0.3) is 11.0 Å². The molecule has 170 valence electrons. The van der Waals surface area contributed by atoms with Crippen molar-refractivity contribution >= 4 is 48.5 Å². The monoisotopic (exact) mass is 494 g/mol. The zero-order chi connectivity index (χ0) is 23.1. The van der Waals surface area contributed by atoms with Gasteiger partial charge in [0.25, 0.3) is 5.91 Å². The number of sulfone groups is 1. The third-order valence-corrected chi connectivity index (χ3v) is 10.1. The Kier molecular flexibility index (Phi) is 6.05. The lowest BCUT2D eigenvalue weighted by molar-refractivity contribution is 0.0698. The summed E-state index contributed by atoms with van der Waals surface area (Å²) in [6.45, 7) is 3.98. The lowest BCUT2D eigenvalue weighted by Gasteiger charge is -2.34. The van der Waals surface area contributed by atoms with Crippen LogP contribution in [-0.4, -0.2) is 72.1 Å². The van der Waals surface area contributed by atoms with Crippen molar-refractivity contribution in [1.29, 1.82) is 0 Å². The zero-order valence-corrected chi connectivity index (χ0v) is 20.0. The Hall–Kier alpha value is -2.41. The van der Waals surface area contributed by atoms with Crippen molar-refractivity contribution in [3.8, 4) is 0 Å². The average Bonchev–Trinajstić information content (AvgIpc) is 3.27. The van der Waals surface area contributed by atoms with Gasteiger partial charge in [-0.15, -0.1) is 0 Å². The Morgan fingerprint density at radius 1 is 0.938 bits per heavy atom. The van der Waals surface area contributed by atoms with Gasteiger partial charge >= 0.3 is 0 Å². The van der Waals surface area contributed by atoms with Crippen molar-refractivity contribution in [2.75, 3.05) is 26.2 Å². The molecule has 0 radical (unpaired) electrons. The third kappa shape index (κ3) is 4.03.